The molecule has 0 N–H and O–H groups in total. The van der Waals surface area contributed by atoms with E-state index in [2.05, 4.69) is 17.1 Å². The van der Waals surface area contributed by atoms with Crippen molar-refractivity contribution in [3.05, 3.63) is 36.2 Å². The number of hydrogen-bond donors (Lipinski definition) is 0. The number of aromatic nitrogens is 1. The number of nitrogens with zero attached hydrogens (tertiary/aromatic N) is 2. The van der Waals surface area contributed by atoms with Crippen LogP contribution in [0.15, 0.2) is 24.4 Å². The number of carbonyl (C=O) groups is 2. The fourth-order valence-electron chi connectivity index (χ4n) is 5.38. The number of carbonyl (C=O) groups excluding carboxylic acids is 2. The Morgan fingerprint density at radius 2 is 2.31 bits per heavy atom. The van der Waals surface area contributed by atoms with E-state index in [1.807, 2.05) is 32.1 Å². The molecule has 3 fully saturated rings. The fourth-order valence-corrected chi connectivity index (χ4v) is 5.38. The number of piperidine rings is 1. The van der Waals surface area contributed by atoms with E-state index in [4.69, 9.17) is 9.47 Å². The van der Waals surface area contributed by atoms with Crippen molar-refractivity contribution in [2.75, 3.05) is 19.7 Å². The molecule has 156 valence electrons. The average Bonchev–Trinajstić information content (AvgIpc) is 2.99. The van der Waals surface area contributed by atoms with E-state index in [-0.39, 0.29) is 62.9 Å². The molecule has 1 saturated carbocycles. The van der Waals surface area contributed by atoms with Gasteiger partial charge in [0.2, 0.25) is 0 Å². The monoisotopic (exact) mass is 567 g/mol. The maximum absolute atomic E-state index is 12.5. The van der Waals surface area contributed by atoms with Gasteiger partial charge in [-0.3, -0.25) is 9.78 Å². The number of rotatable bonds is 3. The number of cyclic esters (lactones) is 1. The van der Waals surface area contributed by atoms with E-state index in [0.717, 1.165) is 18.5 Å². The number of allylic oxidation sites excluding steroid dienone is 1. The first kappa shape index (κ1) is 22.0. The molecule has 3 aliphatic rings. The molecular weight excluding hydrogens is 540 g/mol. The predicted molar refractivity (Wildman–Crippen MR) is 103 cm³/mol. The Kier molecular flexibility index (Phi) is 7.15. The van der Waals surface area contributed by atoms with Crippen LogP contribution < -0.4 is 0 Å². The van der Waals surface area contributed by atoms with Gasteiger partial charge in [0.25, 0.3) is 0 Å². The van der Waals surface area contributed by atoms with Crippen LogP contribution >= 0.6 is 0 Å². The van der Waals surface area contributed by atoms with Gasteiger partial charge < -0.3 is 14.4 Å². The number of esters is 1. The van der Waals surface area contributed by atoms with Gasteiger partial charge in [-0.25, -0.2) is 16.9 Å². The Morgan fingerprint density at radius 1 is 1.48 bits per heavy atom. The fraction of sp³-hybridized carbons (Fsp3) is 0.591. The molecule has 1 aliphatic carbocycles. The Balaban J connectivity index is 0.00000240. The number of amides is 1. The number of ether oxygens (including phenoxy) is 2. The van der Waals surface area contributed by atoms with Crippen molar-refractivity contribution in [3.8, 4) is 0 Å². The van der Waals surface area contributed by atoms with Gasteiger partial charge in [-0.1, -0.05) is 18.3 Å². The second-order valence-electron chi connectivity index (χ2n) is 8.04. The molecule has 29 heavy (non-hydrogen) atoms. The summed E-state index contributed by atoms with van der Waals surface area (Å²) in [7, 11) is 0. The van der Waals surface area contributed by atoms with Crippen LogP contribution in [0.4, 0.5) is 4.79 Å². The quantitative estimate of drug-likeness (QED) is 0.415. The van der Waals surface area contributed by atoms with Crippen molar-refractivity contribution in [2.24, 2.45) is 29.6 Å². The van der Waals surface area contributed by atoms with E-state index in [0.29, 0.717) is 25.6 Å². The van der Waals surface area contributed by atoms with Crippen molar-refractivity contribution in [1.29, 1.82) is 0 Å². The third kappa shape index (κ3) is 4.42. The van der Waals surface area contributed by atoms with Gasteiger partial charge in [0, 0.05) is 40.1 Å². The van der Waals surface area contributed by atoms with Crippen molar-refractivity contribution < 1.29 is 40.1 Å². The molecule has 0 bridgehead atoms. The average molecular weight is 567 g/mol. The van der Waals surface area contributed by atoms with Crippen LogP contribution in [0.25, 0.3) is 6.08 Å². The zero-order valence-corrected chi connectivity index (χ0v) is 19.8. The van der Waals surface area contributed by atoms with Gasteiger partial charge in [0.15, 0.2) is 0 Å². The van der Waals surface area contributed by atoms with Gasteiger partial charge in [-0.05, 0) is 50.1 Å². The topological polar surface area (TPSA) is 68.7 Å². The second kappa shape index (κ2) is 9.42. The van der Waals surface area contributed by atoms with Gasteiger partial charge >= 0.3 is 12.1 Å². The van der Waals surface area contributed by atoms with E-state index in [9.17, 15) is 9.59 Å². The number of likely N-dealkylation sites (tertiary alicyclic amines) is 1. The number of pyridine rings is 1. The summed E-state index contributed by atoms with van der Waals surface area (Å²) in [5.74, 6) is 0.953. The smallest absolute Gasteiger partial charge is 0.409 e. The summed E-state index contributed by atoms with van der Waals surface area (Å²) in [5, 5.41) is 0. The Hall–Kier alpha value is -1.68. The molecule has 7 heteroatoms. The van der Waals surface area contributed by atoms with Crippen molar-refractivity contribution >= 4 is 18.1 Å². The first-order valence-corrected chi connectivity index (χ1v) is 10.2. The molecule has 1 amide bonds. The molecule has 2 aliphatic heterocycles. The Morgan fingerprint density at radius 3 is 3.03 bits per heavy atom. The summed E-state index contributed by atoms with van der Waals surface area (Å²) < 4.78 is 10.8. The molecule has 6 nitrogen and oxygen atoms in total. The number of hydrogen-bond acceptors (Lipinski definition) is 5. The van der Waals surface area contributed by atoms with Crippen LogP contribution in [0.3, 0.4) is 0 Å². The minimum Gasteiger partial charge on any atom is -0.462 e. The first-order chi connectivity index (χ1) is 13.6. The van der Waals surface area contributed by atoms with Crippen LogP contribution in [0.1, 0.15) is 32.4 Å². The molecule has 1 aromatic heterocycles. The second-order valence-corrected chi connectivity index (χ2v) is 8.04. The molecule has 0 radical (unpaired) electrons. The zero-order valence-electron chi connectivity index (χ0n) is 16.8. The SMILES string of the molecule is CCOC(=O)N1CC[C@@H]2[C@H](C[C@H]3C(=O)O[C@H](C)[C@H]3[C@H]2/C=C/c2cc[c-]cn2)C1.[W]. The molecule has 0 aromatic carbocycles. The molecule has 0 spiro atoms. The van der Waals surface area contributed by atoms with Gasteiger partial charge in [0.1, 0.15) is 6.10 Å². The van der Waals surface area contributed by atoms with Crippen LogP contribution in [-0.4, -0.2) is 47.7 Å². The number of fused-ring (bicyclic) bond motifs is 2. The minimum absolute atomic E-state index is 0. The van der Waals surface area contributed by atoms with Crippen LogP contribution in [0.5, 0.6) is 0 Å². The Bertz CT molecular complexity index is 756. The molecule has 2 saturated heterocycles. The first-order valence-electron chi connectivity index (χ1n) is 10.2. The van der Waals surface area contributed by atoms with Crippen LogP contribution in [0, 0.1) is 35.7 Å². The van der Waals surface area contributed by atoms with Crippen molar-refractivity contribution in [1.82, 2.24) is 9.88 Å². The van der Waals surface area contributed by atoms with E-state index in [1.54, 1.807) is 11.1 Å². The van der Waals surface area contributed by atoms with Gasteiger partial charge in [0.05, 0.1) is 12.5 Å². The molecule has 4 rings (SSSR count). The Labute approximate surface area is 186 Å². The maximum Gasteiger partial charge on any atom is 0.409 e. The molecular formula is C22H27N2O4W-. The summed E-state index contributed by atoms with van der Waals surface area (Å²) in [4.78, 5) is 30.8. The summed E-state index contributed by atoms with van der Waals surface area (Å²) >= 11 is 0. The summed E-state index contributed by atoms with van der Waals surface area (Å²) in [6, 6.07) is 6.71. The molecule has 0 unspecified atom stereocenters. The molecule has 1 aromatic rings. The van der Waals surface area contributed by atoms with E-state index in [1.165, 1.54) is 0 Å². The third-order valence-corrected chi connectivity index (χ3v) is 6.55. The summed E-state index contributed by atoms with van der Waals surface area (Å²) in [6.07, 6.45) is 7.31. The van der Waals surface area contributed by atoms with Gasteiger partial charge in [-0.15, -0.1) is 0 Å². The summed E-state index contributed by atoms with van der Waals surface area (Å²) in [5.41, 5.74) is 0.888. The molecule has 3 heterocycles. The van der Waals surface area contributed by atoms with Crippen molar-refractivity contribution in [2.45, 2.75) is 32.8 Å². The third-order valence-electron chi connectivity index (χ3n) is 6.55. The van der Waals surface area contributed by atoms with E-state index >= 15 is 0 Å². The van der Waals surface area contributed by atoms with Crippen LogP contribution in [-0.2, 0) is 35.3 Å². The normalized spacial score (nSPS) is 33.4. The minimum atomic E-state index is -0.248. The zero-order chi connectivity index (χ0) is 19.7. The largest absolute Gasteiger partial charge is 0.462 e. The van der Waals surface area contributed by atoms with Crippen LogP contribution in [0.2, 0.25) is 0 Å². The van der Waals surface area contributed by atoms with E-state index < -0.39 is 0 Å². The maximum atomic E-state index is 12.5. The van der Waals surface area contributed by atoms with Crippen molar-refractivity contribution in [3.63, 3.8) is 0 Å². The predicted octanol–water partition coefficient (Wildman–Crippen LogP) is 3.18. The summed E-state index contributed by atoms with van der Waals surface area (Å²) in [6.45, 7) is 5.56. The standard InChI is InChI=1S/C22H27N2O4.W/c1-3-27-22(26)24-11-9-17-15(13-24)12-19-20(14(2)28-21(19)25)18(17)8-7-16-6-4-5-10-23-16;/h4,6-8,10,14-15,17-20H,3,9,11-13H2,1-2H3;/q-1;/b8-7+;/t14-,15-,17-,18+,19-,20+;/m1./s1. The van der Waals surface area contributed by atoms with Gasteiger partial charge in [-0.2, -0.15) is 6.07 Å². The molecule has 6 atom stereocenters.